The first-order chi connectivity index (χ1) is 15.7. The first kappa shape index (κ1) is 22.4. The molecule has 0 radical (unpaired) electrons. The molecular weight excluding hydrogens is 436 g/mol. The average molecular weight is 456 g/mol. The highest BCUT2D eigenvalue weighted by molar-refractivity contribution is 5.98. The standard InChI is InChI=1S/C25H20F4N2O2/c1-33-21-7-5-19(22(13-21)25(27,28)29)14-30-24(32)18-6-8-23-17(12-18)9-10-31(23)15-16-3-2-4-20(26)11-16/h2-13H,14-15H2,1H3,(H,30,32). The van der Waals surface area contributed by atoms with E-state index in [0.717, 1.165) is 22.5 Å². The molecule has 8 heteroatoms. The Labute approximate surface area is 187 Å². The van der Waals surface area contributed by atoms with Gasteiger partial charge in [0.1, 0.15) is 11.6 Å². The van der Waals surface area contributed by atoms with Crippen LogP contribution in [0.15, 0.2) is 72.9 Å². The van der Waals surface area contributed by atoms with Crippen molar-refractivity contribution in [3.05, 3.63) is 101 Å². The summed E-state index contributed by atoms with van der Waals surface area (Å²) in [4.78, 5) is 12.6. The van der Waals surface area contributed by atoms with Gasteiger partial charge in [-0.15, -0.1) is 0 Å². The van der Waals surface area contributed by atoms with Crippen LogP contribution in [0, 0.1) is 5.82 Å². The molecule has 4 rings (SSSR count). The number of carbonyl (C=O) groups excluding carboxylic acids is 1. The van der Waals surface area contributed by atoms with Gasteiger partial charge in [0.25, 0.3) is 5.91 Å². The summed E-state index contributed by atoms with van der Waals surface area (Å²) < 4.78 is 60.4. The van der Waals surface area contributed by atoms with Crippen molar-refractivity contribution in [2.24, 2.45) is 0 Å². The van der Waals surface area contributed by atoms with Crippen LogP contribution in [-0.4, -0.2) is 17.6 Å². The van der Waals surface area contributed by atoms with Crippen molar-refractivity contribution in [1.82, 2.24) is 9.88 Å². The monoisotopic (exact) mass is 456 g/mol. The number of fused-ring (bicyclic) bond motifs is 1. The molecule has 170 valence electrons. The molecule has 1 amide bonds. The molecule has 4 nitrogen and oxygen atoms in total. The third-order valence-electron chi connectivity index (χ3n) is 5.34. The molecule has 0 aliphatic carbocycles. The molecule has 0 aliphatic rings. The van der Waals surface area contributed by atoms with Gasteiger partial charge in [0, 0.05) is 35.8 Å². The van der Waals surface area contributed by atoms with Crippen molar-refractivity contribution in [3.63, 3.8) is 0 Å². The number of aromatic nitrogens is 1. The second-order valence-electron chi connectivity index (χ2n) is 7.55. The maximum absolute atomic E-state index is 13.5. The van der Waals surface area contributed by atoms with E-state index in [-0.39, 0.29) is 23.7 Å². The van der Waals surface area contributed by atoms with Gasteiger partial charge in [-0.3, -0.25) is 4.79 Å². The van der Waals surface area contributed by atoms with Gasteiger partial charge in [0.05, 0.1) is 12.7 Å². The minimum atomic E-state index is -4.57. The summed E-state index contributed by atoms with van der Waals surface area (Å²) in [7, 11) is 1.29. The fraction of sp³-hybridized carbons (Fsp3) is 0.160. The van der Waals surface area contributed by atoms with Crippen LogP contribution in [0.25, 0.3) is 10.9 Å². The Morgan fingerprint density at radius 3 is 2.58 bits per heavy atom. The number of benzene rings is 3. The van der Waals surface area contributed by atoms with Gasteiger partial charge in [-0.1, -0.05) is 18.2 Å². The molecule has 4 aromatic rings. The van der Waals surface area contributed by atoms with Gasteiger partial charge in [0.15, 0.2) is 0 Å². The molecule has 0 spiro atoms. The normalized spacial score (nSPS) is 11.5. The van der Waals surface area contributed by atoms with Crippen LogP contribution in [0.4, 0.5) is 17.6 Å². The second kappa shape index (κ2) is 8.97. The highest BCUT2D eigenvalue weighted by Gasteiger charge is 2.33. The summed E-state index contributed by atoms with van der Waals surface area (Å²) in [6.07, 6.45) is -2.73. The van der Waals surface area contributed by atoms with E-state index in [9.17, 15) is 22.4 Å². The quantitative estimate of drug-likeness (QED) is 0.374. The molecule has 0 bridgehead atoms. The molecular formula is C25H20F4N2O2. The van der Waals surface area contributed by atoms with Crippen LogP contribution in [0.5, 0.6) is 5.75 Å². The predicted molar refractivity (Wildman–Crippen MR) is 117 cm³/mol. The summed E-state index contributed by atoms with van der Waals surface area (Å²) in [5.41, 5.74) is 1.07. The van der Waals surface area contributed by atoms with E-state index >= 15 is 0 Å². The molecule has 1 aromatic heterocycles. The molecule has 0 saturated heterocycles. The Hall–Kier alpha value is -3.81. The van der Waals surface area contributed by atoms with Crippen molar-refractivity contribution in [3.8, 4) is 5.75 Å². The predicted octanol–water partition coefficient (Wildman–Crippen LogP) is 5.79. The van der Waals surface area contributed by atoms with Gasteiger partial charge in [0.2, 0.25) is 0 Å². The highest BCUT2D eigenvalue weighted by Crippen LogP contribution is 2.34. The molecule has 3 aromatic carbocycles. The summed E-state index contributed by atoms with van der Waals surface area (Å²) in [6, 6.07) is 16.8. The maximum Gasteiger partial charge on any atom is 0.416 e. The van der Waals surface area contributed by atoms with Crippen LogP contribution in [0.2, 0.25) is 0 Å². The van der Waals surface area contributed by atoms with Crippen LogP contribution in [0.1, 0.15) is 27.0 Å². The zero-order chi connectivity index (χ0) is 23.6. The third-order valence-corrected chi connectivity index (χ3v) is 5.34. The van der Waals surface area contributed by atoms with Crippen molar-refractivity contribution in [2.45, 2.75) is 19.3 Å². The van der Waals surface area contributed by atoms with E-state index < -0.39 is 17.6 Å². The first-order valence-electron chi connectivity index (χ1n) is 10.1. The molecule has 1 heterocycles. The van der Waals surface area contributed by atoms with Crippen LogP contribution in [-0.2, 0) is 19.3 Å². The fourth-order valence-corrected chi connectivity index (χ4v) is 3.69. The SMILES string of the molecule is COc1ccc(CNC(=O)c2ccc3c(ccn3Cc3cccc(F)c3)c2)c(C(F)(F)F)c1. The number of amides is 1. The first-order valence-corrected chi connectivity index (χ1v) is 10.1. The summed E-state index contributed by atoms with van der Waals surface area (Å²) in [5.74, 6) is -0.710. The maximum atomic E-state index is 13.5. The zero-order valence-corrected chi connectivity index (χ0v) is 17.6. The molecule has 1 N–H and O–H groups in total. The molecule has 0 aliphatic heterocycles. The second-order valence-corrected chi connectivity index (χ2v) is 7.55. The largest absolute Gasteiger partial charge is 0.497 e. The Morgan fingerprint density at radius 2 is 1.85 bits per heavy atom. The van der Waals surface area contributed by atoms with Gasteiger partial charge < -0.3 is 14.6 Å². The van der Waals surface area contributed by atoms with E-state index in [1.54, 1.807) is 24.3 Å². The lowest BCUT2D eigenvalue weighted by molar-refractivity contribution is -0.138. The Morgan fingerprint density at radius 1 is 1.03 bits per heavy atom. The summed E-state index contributed by atoms with van der Waals surface area (Å²) in [6.45, 7) is 0.181. The third kappa shape index (κ3) is 5.00. The lowest BCUT2D eigenvalue weighted by Crippen LogP contribution is -2.24. The molecule has 33 heavy (non-hydrogen) atoms. The van der Waals surface area contributed by atoms with E-state index in [0.29, 0.717) is 12.1 Å². The number of nitrogens with one attached hydrogen (secondary N) is 1. The number of carbonyl (C=O) groups is 1. The minimum absolute atomic E-state index is 0.0565. The summed E-state index contributed by atoms with van der Waals surface area (Å²) >= 11 is 0. The van der Waals surface area contributed by atoms with Gasteiger partial charge in [-0.2, -0.15) is 13.2 Å². The number of alkyl halides is 3. The van der Waals surface area contributed by atoms with Crippen molar-refractivity contribution < 1.29 is 27.1 Å². The topological polar surface area (TPSA) is 43.3 Å². The van der Waals surface area contributed by atoms with Gasteiger partial charge >= 0.3 is 6.18 Å². The molecule has 0 unspecified atom stereocenters. The Balaban J connectivity index is 1.50. The van der Waals surface area contributed by atoms with E-state index in [2.05, 4.69) is 5.32 Å². The number of ether oxygens (including phenoxy) is 1. The lowest BCUT2D eigenvalue weighted by Gasteiger charge is -2.15. The smallest absolute Gasteiger partial charge is 0.416 e. The highest BCUT2D eigenvalue weighted by atomic mass is 19.4. The summed E-state index contributed by atoms with van der Waals surface area (Å²) in [5, 5.41) is 3.35. The number of hydrogen-bond donors (Lipinski definition) is 1. The van der Waals surface area contributed by atoms with Crippen molar-refractivity contribution in [2.75, 3.05) is 7.11 Å². The average Bonchev–Trinajstić information content (AvgIpc) is 3.18. The molecule has 0 fully saturated rings. The minimum Gasteiger partial charge on any atom is -0.497 e. The Kier molecular flexibility index (Phi) is 6.09. The van der Waals surface area contributed by atoms with E-state index in [4.69, 9.17) is 4.74 Å². The zero-order valence-electron chi connectivity index (χ0n) is 17.6. The number of nitrogens with zero attached hydrogens (tertiary/aromatic N) is 1. The molecule has 0 saturated carbocycles. The molecule has 0 atom stereocenters. The number of rotatable bonds is 6. The van der Waals surface area contributed by atoms with E-state index in [1.807, 2.05) is 22.9 Å². The number of halogens is 4. The van der Waals surface area contributed by atoms with E-state index in [1.165, 1.54) is 31.4 Å². The van der Waals surface area contributed by atoms with Gasteiger partial charge in [-0.25, -0.2) is 4.39 Å². The number of hydrogen-bond acceptors (Lipinski definition) is 2. The number of methoxy groups -OCH3 is 1. The van der Waals surface area contributed by atoms with Crippen LogP contribution < -0.4 is 10.1 Å². The van der Waals surface area contributed by atoms with Crippen molar-refractivity contribution >= 4 is 16.8 Å². The van der Waals surface area contributed by atoms with Crippen LogP contribution in [0.3, 0.4) is 0 Å². The van der Waals surface area contributed by atoms with Gasteiger partial charge in [-0.05, 0) is 59.7 Å². The Bertz CT molecular complexity index is 1310. The fourth-order valence-electron chi connectivity index (χ4n) is 3.69. The lowest BCUT2D eigenvalue weighted by atomic mass is 10.1. The van der Waals surface area contributed by atoms with Crippen LogP contribution >= 0.6 is 0 Å². The van der Waals surface area contributed by atoms with Crippen molar-refractivity contribution in [1.29, 1.82) is 0 Å².